The van der Waals surface area contributed by atoms with Gasteiger partial charge in [0, 0.05) is 13.1 Å². The van der Waals surface area contributed by atoms with Crippen molar-refractivity contribution < 1.29 is 4.79 Å². The van der Waals surface area contributed by atoms with E-state index in [4.69, 9.17) is 11.6 Å². The van der Waals surface area contributed by atoms with Gasteiger partial charge in [0.15, 0.2) is 0 Å². The highest BCUT2D eigenvalue weighted by molar-refractivity contribution is 6.33. The van der Waals surface area contributed by atoms with Crippen molar-refractivity contribution in [2.45, 2.75) is 45.6 Å². The van der Waals surface area contributed by atoms with Gasteiger partial charge in [-0.05, 0) is 43.2 Å². The van der Waals surface area contributed by atoms with Crippen LogP contribution in [0.25, 0.3) is 0 Å². The Kier molecular flexibility index (Phi) is 4.53. The molecule has 0 spiro atoms. The number of carbonyl (C=O) groups excluding carboxylic acids is 1. The molecule has 4 nitrogen and oxygen atoms in total. The molecule has 0 radical (unpaired) electrons. The van der Waals surface area contributed by atoms with E-state index in [0.717, 1.165) is 25.7 Å². The highest BCUT2D eigenvalue weighted by atomic mass is 35.5. The Hall–Kier alpha value is -1.29. The number of aromatic nitrogens is 1. The van der Waals surface area contributed by atoms with Gasteiger partial charge < -0.3 is 10.6 Å². The lowest BCUT2D eigenvalue weighted by Gasteiger charge is -2.34. The van der Waals surface area contributed by atoms with Gasteiger partial charge in [-0.15, -0.1) is 0 Å². The molecular formula is C15H22ClN3O. The number of pyridine rings is 1. The van der Waals surface area contributed by atoms with Crippen molar-refractivity contribution in [2.24, 2.45) is 5.41 Å². The summed E-state index contributed by atoms with van der Waals surface area (Å²) in [6.45, 7) is 4.56. The number of rotatable bonds is 3. The van der Waals surface area contributed by atoms with E-state index in [9.17, 15) is 4.79 Å². The minimum Gasteiger partial charge on any atom is -0.373 e. The zero-order valence-corrected chi connectivity index (χ0v) is 13.0. The summed E-state index contributed by atoms with van der Waals surface area (Å²) in [5.74, 6) is 0.459. The number of hydrogen-bond donors (Lipinski definition) is 2. The molecule has 0 atom stereocenters. The Morgan fingerprint density at radius 3 is 2.60 bits per heavy atom. The molecule has 1 aromatic heterocycles. The Morgan fingerprint density at radius 1 is 1.35 bits per heavy atom. The molecule has 2 N–H and O–H groups in total. The van der Waals surface area contributed by atoms with Crippen LogP contribution in [-0.2, 0) is 0 Å². The van der Waals surface area contributed by atoms with Gasteiger partial charge in [-0.3, -0.25) is 4.79 Å². The van der Waals surface area contributed by atoms with Gasteiger partial charge in [-0.25, -0.2) is 4.98 Å². The Bertz CT molecular complexity index is 492. The van der Waals surface area contributed by atoms with Crippen molar-refractivity contribution in [3.63, 3.8) is 0 Å². The summed E-state index contributed by atoms with van der Waals surface area (Å²) >= 11 is 6.06. The lowest BCUT2D eigenvalue weighted by molar-refractivity contribution is 0.0904. The Morgan fingerprint density at radius 2 is 2.00 bits per heavy atom. The topological polar surface area (TPSA) is 54.0 Å². The van der Waals surface area contributed by atoms with E-state index in [1.807, 2.05) is 0 Å². The fourth-order valence-electron chi connectivity index (χ4n) is 2.54. The fraction of sp³-hybridized carbons (Fsp3) is 0.600. The van der Waals surface area contributed by atoms with Crippen molar-refractivity contribution in [1.29, 1.82) is 0 Å². The largest absolute Gasteiger partial charge is 0.373 e. The molecule has 0 aromatic carbocycles. The molecule has 0 bridgehead atoms. The molecule has 1 fully saturated rings. The monoisotopic (exact) mass is 295 g/mol. The molecule has 110 valence electrons. The standard InChI is InChI=1S/C15H22ClN3O/c1-15(2)8-6-10(7-9-15)18-14(20)13-11(16)4-5-12(17-3)19-13/h4-5,10H,6-9H2,1-3H3,(H,17,19)(H,18,20). The maximum Gasteiger partial charge on any atom is 0.271 e. The first-order chi connectivity index (χ1) is 9.41. The molecule has 0 saturated heterocycles. The molecular weight excluding hydrogens is 274 g/mol. The quantitative estimate of drug-likeness (QED) is 0.898. The van der Waals surface area contributed by atoms with E-state index in [0.29, 0.717) is 21.9 Å². The number of hydrogen-bond acceptors (Lipinski definition) is 3. The van der Waals surface area contributed by atoms with E-state index in [-0.39, 0.29) is 11.9 Å². The van der Waals surface area contributed by atoms with Crippen molar-refractivity contribution in [3.8, 4) is 0 Å². The van der Waals surface area contributed by atoms with E-state index < -0.39 is 0 Å². The van der Waals surface area contributed by atoms with E-state index in [1.54, 1.807) is 19.2 Å². The van der Waals surface area contributed by atoms with Gasteiger partial charge in [0.05, 0.1) is 5.02 Å². The summed E-state index contributed by atoms with van der Waals surface area (Å²) in [6.07, 6.45) is 4.30. The fourth-order valence-corrected chi connectivity index (χ4v) is 2.73. The summed E-state index contributed by atoms with van der Waals surface area (Å²) in [4.78, 5) is 16.5. The van der Waals surface area contributed by atoms with Gasteiger partial charge >= 0.3 is 0 Å². The van der Waals surface area contributed by atoms with Gasteiger partial charge in [0.25, 0.3) is 5.91 Å². The summed E-state index contributed by atoms with van der Waals surface area (Å²) in [7, 11) is 1.77. The van der Waals surface area contributed by atoms with Gasteiger partial charge in [-0.1, -0.05) is 25.4 Å². The normalized spacial score (nSPS) is 18.6. The van der Waals surface area contributed by atoms with Crippen molar-refractivity contribution in [2.75, 3.05) is 12.4 Å². The van der Waals surface area contributed by atoms with Crippen LogP contribution in [0.2, 0.25) is 5.02 Å². The minimum atomic E-state index is -0.184. The maximum atomic E-state index is 12.3. The lowest BCUT2D eigenvalue weighted by atomic mass is 9.75. The first-order valence-corrected chi connectivity index (χ1v) is 7.44. The molecule has 1 amide bonds. The van der Waals surface area contributed by atoms with Crippen LogP contribution in [-0.4, -0.2) is 24.0 Å². The Balaban J connectivity index is 2.02. The predicted octanol–water partition coefficient (Wildman–Crippen LogP) is 3.48. The predicted molar refractivity (Wildman–Crippen MR) is 82.3 cm³/mol. The van der Waals surface area contributed by atoms with Crippen LogP contribution in [0, 0.1) is 5.41 Å². The molecule has 1 heterocycles. The van der Waals surface area contributed by atoms with Gasteiger partial charge in [0.1, 0.15) is 11.5 Å². The molecule has 2 rings (SSSR count). The molecule has 0 unspecified atom stereocenters. The number of amides is 1. The molecule has 0 aliphatic heterocycles. The summed E-state index contributed by atoms with van der Waals surface area (Å²) in [5.41, 5.74) is 0.687. The second-order valence-corrected chi connectivity index (χ2v) is 6.60. The second-order valence-electron chi connectivity index (χ2n) is 6.19. The Labute approximate surface area is 125 Å². The average molecular weight is 296 g/mol. The smallest absolute Gasteiger partial charge is 0.271 e. The molecule has 1 aliphatic rings. The first-order valence-electron chi connectivity index (χ1n) is 7.06. The molecule has 1 saturated carbocycles. The lowest BCUT2D eigenvalue weighted by Crippen LogP contribution is -2.39. The third kappa shape index (κ3) is 3.63. The average Bonchev–Trinajstić information content (AvgIpc) is 2.41. The SMILES string of the molecule is CNc1ccc(Cl)c(C(=O)NC2CCC(C)(C)CC2)n1. The van der Waals surface area contributed by atoms with Crippen LogP contribution < -0.4 is 10.6 Å². The molecule has 1 aliphatic carbocycles. The van der Waals surface area contributed by atoms with E-state index in [1.165, 1.54) is 0 Å². The highest BCUT2D eigenvalue weighted by Gasteiger charge is 2.28. The van der Waals surface area contributed by atoms with Gasteiger partial charge in [-0.2, -0.15) is 0 Å². The summed E-state index contributed by atoms with van der Waals surface area (Å²) in [5, 5.41) is 6.35. The third-order valence-electron chi connectivity index (χ3n) is 3.99. The van der Waals surface area contributed by atoms with Crippen LogP contribution in [0.5, 0.6) is 0 Å². The van der Waals surface area contributed by atoms with Crippen molar-refractivity contribution >= 4 is 23.3 Å². The number of carbonyl (C=O) groups is 1. The number of nitrogens with zero attached hydrogens (tertiary/aromatic N) is 1. The third-order valence-corrected chi connectivity index (χ3v) is 4.30. The number of halogens is 1. The first kappa shape index (κ1) is 15.1. The van der Waals surface area contributed by atoms with E-state index in [2.05, 4.69) is 29.5 Å². The minimum absolute atomic E-state index is 0.184. The van der Waals surface area contributed by atoms with Crippen LogP contribution in [0.15, 0.2) is 12.1 Å². The summed E-state index contributed by atoms with van der Waals surface area (Å²) < 4.78 is 0. The number of anilines is 1. The van der Waals surface area contributed by atoms with E-state index >= 15 is 0 Å². The summed E-state index contributed by atoms with van der Waals surface area (Å²) in [6, 6.07) is 3.67. The van der Waals surface area contributed by atoms with Crippen molar-refractivity contribution in [3.05, 3.63) is 22.8 Å². The van der Waals surface area contributed by atoms with Crippen LogP contribution in [0.3, 0.4) is 0 Å². The van der Waals surface area contributed by atoms with Gasteiger partial charge in [0.2, 0.25) is 0 Å². The van der Waals surface area contributed by atoms with Crippen LogP contribution in [0.1, 0.15) is 50.0 Å². The van der Waals surface area contributed by atoms with Crippen LogP contribution in [0.4, 0.5) is 5.82 Å². The second kappa shape index (κ2) is 6.00. The maximum absolute atomic E-state index is 12.3. The molecule has 1 aromatic rings. The molecule has 5 heteroatoms. The van der Waals surface area contributed by atoms with Crippen molar-refractivity contribution in [1.82, 2.24) is 10.3 Å². The zero-order valence-electron chi connectivity index (χ0n) is 12.3. The van der Waals surface area contributed by atoms with Crippen LogP contribution >= 0.6 is 11.6 Å². The zero-order chi connectivity index (χ0) is 14.8. The number of nitrogens with one attached hydrogen (secondary N) is 2. The highest BCUT2D eigenvalue weighted by Crippen LogP contribution is 2.35. The molecule has 20 heavy (non-hydrogen) atoms.